The zero-order chi connectivity index (χ0) is 14.3. The van der Waals surface area contributed by atoms with Crippen LogP contribution in [0.2, 0.25) is 0 Å². The maximum absolute atomic E-state index is 13.0. The van der Waals surface area contributed by atoms with Crippen LogP contribution in [-0.2, 0) is 6.42 Å². The number of halogens is 3. The van der Waals surface area contributed by atoms with E-state index in [9.17, 15) is 18.3 Å². The smallest absolute Gasteiger partial charge is 0.379 e. The van der Waals surface area contributed by atoms with E-state index in [-0.39, 0.29) is 11.5 Å². The Morgan fingerprint density at radius 2 is 1.90 bits per heavy atom. The molecule has 1 aromatic carbocycles. The van der Waals surface area contributed by atoms with Crippen molar-refractivity contribution < 1.29 is 18.3 Å². The average molecular weight is 278 g/mol. The number of aliphatic hydroxyl groups is 1. The molecule has 0 amide bonds. The third-order valence-corrected chi connectivity index (χ3v) is 3.77. The Hall–Kier alpha value is -1.81. The first kappa shape index (κ1) is 13.2. The minimum Gasteiger partial charge on any atom is -0.379 e. The highest BCUT2D eigenvalue weighted by molar-refractivity contribution is 5.79. The molecule has 0 saturated carbocycles. The van der Waals surface area contributed by atoms with Gasteiger partial charge in [-0.3, -0.25) is 0 Å². The van der Waals surface area contributed by atoms with Gasteiger partial charge in [-0.2, -0.15) is 13.2 Å². The SMILES string of the molecule is OC(C1=C2C=CC=CC2Cc2ccccc21)C(F)(F)F. The molecular weight excluding hydrogens is 265 g/mol. The molecule has 0 aliphatic heterocycles. The molecule has 2 aliphatic rings. The van der Waals surface area contributed by atoms with Gasteiger partial charge in [0.15, 0.2) is 6.10 Å². The molecule has 2 atom stereocenters. The van der Waals surface area contributed by atoms with E-state index < -0.39 is 12.3 Å². The van der Waals surface area contributed by atoms with Gasteiger partial charge in [-0.15, -0.1) is 0 Å². The molecule has 104 valence electrons. The first-order valence-electron chi connectivity index (χ1n) is 6.40. The van der Waals surface area contributed by atoms with Crippen molar-refractivity contribution in [3.05, 3.63) is 65.3 Å². The molecule has 0 spiro atoms. The lowest BCUT2D eigenvalue weighted by Crippen LogP contribution is -2.33. The van der Waals surface area contributed by atoms with Crippen molar-refractivity contribution in [1.29, 1.82) is 0 Å². The lowest BCUT2D eigenvalue weighted by molar-refractivity contribution is -0.184. The molecule has 0 aromatic heterocycles. The van der Waals surface area contributed by atoms with Crippen LogP contribution in [0.1, 0.15) is 11.1 Å². The highest BCUT2D eigenvalue weighted by atomic mass is 19.4. The van der Waals surface area contributed by atoms with Gasteiger partial charge in [-0.05, 0) is 23.1 Å². The number of alkyl halides is 3. The van der Waals surface area contributed by atoms with E-state index in [4.69, 9.17) is 0 Å². The first-order valence-corrected chi connectivity index (χ1v) is 6.40. The number of hydrogen-bond acceptors (Lipinski definition) is 1. The predicted octanol–water partition coefficient (Wildman–Crippen LogP) is 3.66. The second-order valence-electron chi connectivity index (χ2n) is 5.02. The Labute approximate surface area is 114 Å². The van der Waals surface area contributed by atoms with Gasteiger partial charge in [0.2, 0.25) is 0 Å². The minimum atomic E-state index is -4.66. The fourth-order valence-corrected chi connectivity index (χ4v) is 2.87. The van der Waals surface area contributed by atoms with Crippen LogP contribution >= 0.6 is 0 Å². The summed E-state index contributed by atoms with van der Waals surface area (Å²) >= 11 is 0. The Bertz CT molecular complexity index is 623. The van der Waals surface area contributed by atoms with Crippen LogP contribution in [0.5, 0.6) is 0 Å². The fraction of sp³-hybridized carbons (Fsp3) is 0.250. The molecule has 0 fully saturated rings. The van der Waals surface area contributed by atoms with Crippen LogP contribution in [0, 0.1) is 5.92 Å². The number of benzene rings is 1. The molecule has 20 heavy (non-hydrogen) atoms. The summed E-state index contributed by atoms with van der Waals surface area (Å²) in [4.78, 5) is 0. The second kappa shape index (κ2) is 4.63. The first-order chi connectivity index (χ1) is 9.48. The van der Waals surface area contributed by atoms with Gasteiger partial charge in [0.05, 0.1) is 0 Å². The van der Waals surface area contributed by atoms with Gasteiger partial charge in [-0.1, -0.05) is 48.6 Å². The van der Waals surface area contributed by atoms with Gasteiger partial charge >= 0.3 is 6.18 Å². The number of aliphatic hydroxyl groups excluding tert-OH is 1. The van der Waals surface area contributed by atoms with Crippen molar-refractivity contribution in [2.45, 2.75) is 18.7 Å². The van der Waals surface area contributed by atoms with Crippen molar-refractivity contribution in [1.82, 2.24) is 0 Å². The topological polar surface area (TPSA) is 20.2 Å². The summed E-state index contributed by atoms with van der Waals surface area (Å²) in [7, 11) is 0. The number of rotatable bonds is 1. The van der Waals surface area contributed by atoms with E-state index in [1.807, 2.05) is 24.3 Å². The summed E-state index contributed by atoms with van der Waals surface area (Å²) in [5, 5.41) is 9.76. The Kier molecular flexibility index (Phi) is 3.05. The zero-order valence-electron chi connectivity index (χ0n) is 10.6. The van der Waals surface area contributed by atoms with Crippen LogP contribution in [0.25, 0.3) is 5.57 Å². The Balaban J connectivity index is 2.21. The van der Waals surface area contributed by atoms with Gasteiger partial charge in [0, 0.05) is 11.5 Å². The summed E-state index contributed by atoms with van der Waals surface area (Å²) in [5.41, 5.74) is 1.91. The van der Waals surface area contributed by atoms with E-state index in [0.29, 0.717) is 17.6 Å². The molecule has 1 N–H and O–H groups in total. The number of hydrogen-bond donors (Lipinski definition) is 1. The largest absolute Gasteiger partial charge is 0.418 e. The summed E-state index contributed by atoms with van der Waals surface area (Å²) in [5.74, 6) is -0.0955. The van der Waals surface area contributed by atoms with Crippen molar-refractivity contribution in [3.8, 4) is 0 Å². The lowest BCUT2D eigenvalue weighted by Gasteiger charge is -2.31. The molecule has 1 aromatic rings. The highest BCUT2D eigenvalue weighted by Crippen LogP contribution is 2.42. The normalized spacial score (nSPS) is 22.5. The molecule has 4 heteroatoms. The zero-order valence-corrected chi connectivity index (χ0v) is 10.6. The summed E-state index contributed by atoms with van der Waals surface area (Å²) in [6, 6.07) is 6.98. The number of allylic oxidation sites excluding steroid dienone is 5. The molecule has 0 heterocycles. The quantitative estimate of drug-likeness (QED) is 0.831. The van der Waals surface area contributed by atoms with Gasteiger partial charge in [-0.25, -0.2) is 0 Å². The average Bonchev–Trinajstić information content (AvgIpc) is 2.43. The van der Waals surface area contributed by atoms with E-state index in [1.165, 1.54) is 0 Å². The van der Waals surface area contributed by atoms with Gasteiger partial charge in [0.1, 0.15) is 0 Å². The third-order valence-electron chi connectivity index (χ3n) is 3.77. The van der Waals surface area contributed by atoms with Crippen LogP contribution in [0.3, 0.4) is 0 Å². The van der Waals surface area contributed by atoms with E-state index in [2.05, 4.69) is 0 Å². The standard InChI is InChI=1S/C16H13F3O/c17-16(18,19)15(20)14-12-7-3-1-5-10(12)9-11-6-2-4-8-13(11)14/h1-8,10,15,20H,9H2. The fourth-order valence-electron chi connectivity index (χ4n) is 2.87. The van der Waals surface area contributed by atoms with Crippen LogP contribution in [0.4, 0.5) is 13.2 Å². The summed E-state index contributed by atoms with van der Waals surface area (Å²) < 4.78 is 38.9. The molecule has 1 nitrogen and oxygen atoms in total. The predicted molar refractivity (Wildman–Crippen MR) is 70.9 cm³/mol. The minimum absolute atomic E-state index is 0.00931. The highest BCUT2D eigenvalue weighted by Gasteiger charge is 2.44. The monoisotopic (exact) mass is 278 g/mol. The van der Waals surface area contributed by atoms with E-state index in [1.54, 1.807) is 24.3 Å². The van der Waals surface area contributed by atoms with Crippen molar-refractivity contribution in [2.75, 3.05) is 0 Å². The van der Waals surface area contributed by atoms with Crippen molar-refractivity contribution in [2.24, 2.45) is 5.92 Å². The molecule has 2 aliphatic carbocycles. The lowest BCUT2D eigenvalue weighted by atomic mass is 9.75. The third kappa shape index (κ3) is 2.10. The van der Waals surface area contributed by atoms with E-state index >= 15 is 0 Å². The summed E-state index contributed by atoms with van der Waals surface area (Å²) in [6.07, 6.45) is 0.659. The van der Waals surface area contributed by atoms with Gasteiger partial charge < -0.3 is 5.11 Å². The molecule has 0 radical (unpaired) electrons. The molecule has 3 rings (SSSR count). The van der Waals surface area contributed by atoms with E-state index in [0.717, 1.165) is 5.56 Å². The molecule has 2 unspecified atom stereocenters. The van der Waals surface area contributed by atoms with Crippen LogP contribution in [-0.4, -0.2) is 17.4 Å². The Morgan fingerprint density at radius 3 is 2.65 bits per heavy atom. The molecule has 0 bridgehead atoms. The van der Waals surface area contributed by atoms with Crippen molar-refractivity contribution >= 4 is 5.57 Å². The van der Waals surface area contributed by atoms with Crippen molar-refractivity contribution in [3.63, 3.8) is 0 Å². The second-order valence-corrected chi connectivity index (χ2v) is 5.02. The maximum atomic E-state index is 13.0. The number of fused-ring (bicyclic) bond motifs is 2. The Morgan fingerprint density at radius 1 is 1.15 bits per heavy atom. The molecule has 0 saturated heterocycles. The van der Waals surface area contributed by atoms with Crippen LogP contribution < -0.4 is 0 Å². The summed E-state index contributed by atoms with van der Waals surface area (Å²) in [6.45, 7) is 0. The van der Waals surface area contributed by atoms with Gasteiger partial charge in [0.25, 0.3) is 0 Å². The maximum Gasteiger partial charge on any atom is 0.418 e. The van der Waals surface area contributed by atoms with Crippen LogP contribution in [0.15, 0.2) is 54.1 Å². The molecular formula is C16H13F3O.